The van der Waals surface area contributed by atoms with E-state index in [0.717, 1.165) is 18.3 Å². The highest BCUT2D eigenvalue weighted by Crippen LogP contribution is 2.29. The normalized spacial score (nSPS) is 11.7. The average Bonchev–Trinajstić information content (AvgIpc) is 2.27. The molecule has 0 fully saturated rings. The van der Waals surface area contributed by atoms with E-state index in [1.807, 2.05) is 0 Å². The summed E-state index contributed by atoms with van der Waals surface area (Å²) in [5.41, 5.74) is -0.558. The third-order valence-corrected chi connectivity index (χ3v) is 1.90. The van der Waals surface area contributed by atoms with Gasteiger partial charge >= 0.3 is 12.1 Å². The van der Waals surface area contributed by atoms with Gasteiger partial charge in [-0.1, -0.05) is 17.3 Å². The SMILES string of the molecule is O=C(O)CCO/N=C/c1cccc(C(F)(F)F)c1. The predicted octanol–water partition coefficient (Wildman–Crippen LogP) is 2.53. The van der Waals surface area contributed by atoms with E-state index in [1.54, 1.807) is 0 Å². The van der Waals surface area contributed by atoms with Crippen LogP contribution in [0.3, 0.4) is 0 Å². The lowest BCUT2D eigenvalue weighted by Gasteiger charge is -2.06. The van der Waals surface area contributed by atoms with Crippen molar-refractivity contribution in [2.24, 2.45) is 5.16 Å². The van der Waals surface area contributed by atoms with Crippen molar-refractivity contribution < 1.29 is 27.9 Å². The zero-order chi connectivity index (χ0) is 13.6. The first-order chi connectivity index (χ1) is 8.39. The lowest BCUT2D eigenvalue weighted by atomic mass is 10.1. The van der Waals surface area contributed by atoms with E-state index in [-0.39, 0.29) is 18.6 Å². The van der Waals surface area contributed by atoms with Gasteiger partial charge in [-0.2, -0.15) is 13.2 Å². The number of hydrogen-bond donors (Lipinski definition) is 1. The van der Waals surface area contributed by atoms with Crippen LogP contribution in [0.15, 0.2) is 29.4 Å². The molecular formula is C11H10F3NO3. The van der Waals surface area contributed by atoms with Gasteiger partial charge in [0.15, 0.2) is 0 Å². The molecule has 0 aromatic heterocycles. The van der Waals surface area contributed by atoms with Crippen molar-refractivity contribution in [1.29, 1.82) is 0 Å². The molecule has 98 valence electrons. The van der Waals surface area contributed by atoms with Crippen LogP contribution in [0, 0.1) is 0 Å². The van der Waals surface area contributed by atoms with Gasteiger partial charge in [0.05, 0.1) is 18.2 Å². The maximum absolute atomic E-state index is 12.4. The Kier molecular flexibility index (Phi) is 4.70. The number of aliphatic carboxylic acids is 1. The molecule has 0 bridgehead atoms. The van der Waals surface area contributed by atoms with Gasteiger partial charge in [-0.25, -0.2) is 0 Å². The molecule has 1 N–H and O–H groups in total. The average molecular weight is 261 g/mol. The van der Waals surface area contributed by atoms with Gasteiger partial charge in [0.25, 0.3) is 0 Å². The summed E-state index contributed by atoms with van der Waals surface area (Å²) < 4.78 is 37.1. The molecule has 0 aliphatic heterocycles. The summed E-state index contributed by atoms with van der Waals surface area (Å²) in [4.78, 5) is 14.7. The first-order valence-electron chi connectivity index (χ1n) is 4.94. The quantitative estimate of drug-likeness (QED) is 0.503. The number of nitrogens with zero attached hydrogens (tertiary/aromatic N) is 1. The molecule has 0 amide bonds. The zero-order valence-corrected chi connectivity index (χ0v) is 9.15. The molecule has 1 aromatic rings. The molecule has 18 heavy (non-hydrogen) atoms. The second-order valence-electron chi connectivity index (χ2n) is 3.33. The molecule has 0 radical (unpaired) electrons. The molecule has 0 spiro atoms. The van der Waals surface area contributed by atoms with Crippen LogP contribution in [0.4, 0.5) is 13.2 Å². The van der Waals surface area contributed by atoms with Crippen LogP contribution >= 0.6 is 0 Å². The van der Waals surface area contributed by atoms with Crippen LogP contribution in [0.1, 0.15) is 17.5 Å². The largest absolute Gasteiger partial charge is 0.481 e. The highest BCUT2D eigenvalue weighted by Gasteiger charge is 2.30. The van der Waals surface area contributed by atoms with Crippen molar-refractivity contribution in [3.05, 3.63) is 35.4 Å². The highest BCUT2D eigenvalue weighted by atomic mass is 19.4. The summed E-state index contributed by atoms with van der Waals surface area (Å²) in [5.74, 6) is -1.04. The fourth-order valence-corrected chi connectivity index (χ4v) is 1.08. The molecule has 0 heterocycles. The topological polar surface area (TPSA) is 58.9 Å². The Hall–Kier alpha value is -2.05. The lowest BCUT2D eigenvalue weighted by Crippen LogP contribution is -2.05. The lowest BCUT2D eigenvalue weighted by molar-refractivity contribution is -0.138. The smallest absolute Gasteiger partial charge is 0.416 e. The summed E-state index contributed by atoms with van der Waals surface area (Å²) in [6, 6.07) is 4.55. The number of carboxylic acids is 1. The molecule has 1 rings (SSSR count). The van der Waals surface area contributed by atoms with E-state index in [0.29, 0.717) is 0 Å². The second kappa shape index (κ2) is 6.04. The highest BCUT2D eigenvalue weighted by molar-refractivity contribution is 5.79. The summed E-state index contributed by atoms with van der Waals surface area (Å²) in [7, 11) is 0. The summed E-state index contributed by atoms with van der Waals surface area (Å²) in [5, 5.41) is 11.7. The molecule has 0 aliphatic rings. The van der Waals surface area contributed by atoms with Crippen molar-refractivity contribution in [3.63, 3.8) is 0 Å². The van der Waals surface area contributed by atoms with Gasteiger partial charge in [0.2, 0.25) is 0 Å². The molecule has 0 saturated carbocycles. The predicted molar refractivity (Wildman–Crippen MR) is 57.2 cm³/mol. The van der Waals surface area contributed by atoms with E-state index in [1.165, 1.54) is 12.1 Å². The van der Waals surface area contributed by atoms with Crippen LogP contribution in [0.5, 0.6) is 0 Å². The number of rotatable bonds is 5. The van der Waals surface area contributed by atoms with Crippen molar-refractivity contribution in [1.82, 2.24) is 0 Å². The van der Waals surface area contributed by atoms with Crippen LogP contribution in [0.25, 0.3) is 0 Å². The number of alkyl halides is 3. The molecular weight excluding hydrogens is 251 g/mol. The Morgan fingerprint density at radius 3 is 2.78 bits per heavy atom. The first-order valence-corrected chi connectivity index (χ1v) is 4.94. The number of hydrogen-bond acceptors (Lipinski definition) is 3. The minimum Gasteiger partial charge on any atom is -0.481 e. The maximum Gasteiger partial charge on any atom is 0.416 e. The van der Waals surface area contributed by atoms with Crippen molar-refractivity contribution >= 4 is 12.2 Å². The van der Waals surface area contributed by atoms with Gasteiger partial charge in [0, 0.05) is 0 Å². The molecule has 0 aliphatic carbocycles. The third-order valence-electron chi connectivity index (χ3n) is 1.90. The summed E-state index contributed by atoms with van der Waals surface area (Å²) in [6.07, 6.45) is -3.54. The third kappa shape index (κ3) is 4.86. The van der Waals surface area contributed by atoms with Gasteiger partial charge < -0.3 is 9.94 Å². The van der Waals surface area contributed by atoms with Crippen LogP contribution < -0.4 is 0 Å². The summed E-state index contributed by atoms with van der Waals surface area (Å²) in [6.45, 7) is -0.134. The van der Waals surface area contributed by atoms with Crippen molar-refractivity contribution in [2.75, 3.05) is 6.61 Å². The first kappa shape index (κ1) is 14.0. The Bertz CT molecular complexity index is 443. The maximum atomic E-state index is 12.4. The molecule has 0 saturated heterocycles. The van der Waals surface area contributed by atoms with Gasteiger partial charge in [-0.15, -0.1) is 0 Å². The van der Waals surface area contributed by atoms with Crippen LogP contribution in [0.2, 0.25) is 0 Å². The van der Waals surface area contributed by atoms with E-state index in [2.05, 4.69) is 9.99 Å². The fraction of sp³-hybridized carbons (Fsp3) is 0.273. The molecule has 7 heteroatoms. The van der Waals surface area contributed by atoms with Gasteiger partial charge in [-0.05, 0) is 17.7 Å². The van der Waals surface area contributed by atoms with E-state index in [4.69, 9.17) is 5.11 Å². The van der Waals surface area contributed by atoms with Crippen LogP contribution in [-0.4, -0.2) is 23.9 Å². The number of benzene rings is 1. The molecule has 4 nitrogen and oxygen atoms in total. The Morgan fingerprint density at radius 1 is 1.44 bits per heavy atom. The van der Waals surface area contributed by atoms with Gasteiger partial charge in [0.1, 0.15) is 6.61 Å². The standard InChI is InChI=1S/C11H10F3NO3/c12-11(13,14)9-3-1-2-8(6-9)7-15-18-5-4-10(16)17/h1-3,6-7H,4-5H2,(H,16,17)/b15-7+. The molecule has 1 aromatic carbocycles. The number of oxime groups is 1. The Morgan fingerprint density at radius 2 is 2.17 bits per heavy atom. The second-order valence-corrected chi connectivity index (χ2v) is 3.33. The number of halogens is 3. The van der Waals surface area contributed by atoms with Crippen molar-refractivity contribution in [3.8, 4) is 0 Å². The van der Waals surface area contributed by atoms with Gasteiger partial charge in [-0.3, -0.25) is 4.79 Å². The van der Waals surface area contributed by atoms with Crippen LogP contribution in [-0.2, 0) is 15.8 Å². The molecule has 0 unspecified atom stereocenters. The minimum absolute atomic E-state index is 0.134. The van der Waals surface area contributed by atoms with E-state index in [9.17, 15) is 18.0 Å². The summed E-state index contributed by atoms with van der Waals surface area (Å²) >= 11 is 0. The number of carboxylic acid groups (broad SMARTS) is 1. The van der Waals surface area contributed by atoms with E-state index < -0.39 is 17.7 Å². The zero-order valence-electron chi connectivity index (χ0n) is 9.15. The Labute approximate surface area is 101 Å². The molecule has 0 atom stereocenters. The monoisotopic (exact) mass is 261 g/mol. The van der Waals surface area contributed by atoms with Crippen molar-refractivity contribution in [2.45, 2.75) is 12.6 Å². The minimum atomic E-state index is -4.41. The number of carbonyl (C=O) groups is 1. The Balaban J connectivity index is 2.57. The van der Waals surface area contributed by atoms with E-state index >= 15 is 0 Å². The fourth-order valence-electron chi connectivity index (χ4n) is 1.08.